The zero-order valence-corrected chi connectivity index (χ0v) is 17.8. The number of halogens is 2. The number of carbonyl (C=O) groups is 1. The quantitative estimate of drug-likeness (QED) is 0.273. The summed E-state index contributed by atoms with van der Waals surface area (Å²) in [7, 11) is 0. The number of hydrogen-bond acceptors (Lipinski definition) is 4. The van der Waals surface area contributed by atoms with Gasteiger partial charge in [0.25, 0.3) is 0 Å². The Bertz CT molecular complexity index is 559. The van der Waals surface area contributed by atoms with E-state index in [9.17, 15) is 4.79 Å². The Kier molecular flexibility index (Phi) is 13.0. The molecule has 27 heavy (non-hydrogen) atoms. The van der Waals surface area contributed by atoms with Crippen LogP contribution in [0.25, 0.3) is 0 Å². The molecule has 1 aromatic carbocycles. The van der Waals surface area contributed by atoms with E-state index >= 15 is 0 Å². The van der Waals surface area contributed by atoms with Crippen LogP contribution >= 0.6 is 23.2 Å². The fourth-order valence-electron chi connectivity index (χ4n) is 2.61. The minimum absolute atomic E-state index is 0.204. The molecule has 0 amide bonds. The van der Waals surface area contributed by atoms with Crippen LogP contribution in [0.2, 0.25) is 0 Å². The second-order valence-corrected chi connectivity index (χ2v) is 7.07. The molecule has 0 radical (unpaired) electrons. The molecule has 6 heteroatoms. The molecule has 1 rings (SSSR count). The van der Waals surface area contributed by atoms with E-state index in [0.29, 0.717) is 32.8 Å². The van der Waals surface area contributed by atoms with Crippen LogP contribution in [0.4, 0.5) is 0 Å². The minimum Gasteiger partial charge on any atom is -0.493 e. The molecule has 0 atom stereocenters. The molecule has 0 bridgehead atoms. The van der Waals surface area contributed by atoms with Gasteiger partial charge in [0.05, 0.1) is 13.2 Å². The molecule has 0 saturated heterocycles. The Labute approximate surface area is 172 Å². The van der Waals surface area contributed by atoms with Crippen molar-refractivity contribution in [1.29, 1.82) is 0 Å². The van der Waals surface area contributed by atoms with Crippen molar-refractivity contribution in [2.24, 2.45) is 0 Å². The lowest BCUT2D eigenvalue weighted by molar-refractivity contribution is -0.108. The molecule has 0 aromatic heterocycles. The number of ether oxygens (including phenoxy) is 3. The van der Waals surface area contributed by atoms with Gasteiger partial charge in [-0.25, -0.2) is 0 Å². The van der Waals surface area contributed by atoms with E-state index in [2.05, 4.69) is 13.8 Å². The van der Waals surface area contributed by atoms with Gasteiger partial charge >= 0.3 is 0 Å². The molecule has 1 aromatic rings. The standard InChI is InChI=1S/C21H30Cl2O4/c1-3-17-15-19(26-14-9-20(22)23)16-18(4-2)21(17)27-13-7-5-6-11-25-12-8-10-24/h9-10,15-16H,3-8,11-14H2,1-2H3. The summed E-state index contributed by atoms with van der Waals surface area (Å²) in [4.78, 5) is 10.2. The van der Waals surface area contributed by atoms with E-state index < -0.39 is 0 Å². The Hall–Kier alpha value is -1.23. The zero-order chi connectivity index (χ0) is 19.9. The first kappa shape index (κ1) is 23.8. The van der Waals surface area contributed by atoms with E-state index in [0.717, 1.165) is 61.0 Å². The van der Waals surface area contributed by atoms with E-state index in [1.165, 1.54) is 0 Å². The summed E-state index contributed by atoms with van der Waals surface area (Å²) in [6, 6.07) is 4.04. The Morgan fingerprint density at radius 3 is 2.22 bits per heavy atom. The topological polar surface area (TPSA) is 44.8 Å². The lowest BCUT2D eigenvalue weighted by atomic mass is 10.0. The zero-order valence-electron chi connectivity index (χ0n) is 16.3. The molecule has 0 spiro atoms. The smallest absolute Gasteiger partial charge is 0.125 e. The van der Waals surface area contributed by atoms with Crippen LogP contribution in [0, 0.1) is 0 Å². The van der Waals surface area contributed by atoms with Gasteiger partial charge in [-0.2, -0.15) is 0 Å². The van der Waals surface area contributed by atoms with E-state index in [1.807, 2.05) is 12.1 Å². The SMILES string of the molecule is CCc1cc(OCC=C(Cl)Cl)cc(CC)c1OCCCCCOCCC=O. The number of unbranched alkanes of at least 4 members (excludes halogenated alkanes) is 2. The van der Waals surface area contributed by atoms with Crippen LogP contribution in [-0.2, 0) is 22.4 Å². The van der Waals surface area contributed by atoms with Gasteiger partial charge in [0.15, 0.2) is 0 Å². The number of benzene rings is 1. The third-order valence-electron chi connectivity index (χ3n) is 4.03. The van der Waals surface area contributed by atoms with Crippen LogP contribution in [0.15, 0.2) is 22.7 Å². The van der Waals surface area contributed by atoms with Gasteiger partial charge < -0.3 is 19.0 Å². The van der Waals surface area contributed by atoms with Crippen molar-refractivity contribution in [3.8, 4) is 11.5 Å². The van der Waals surface area contributed by atoms with Gasteiger partial charge in [-0.1, -0.05) is 37.0 Å². The Balaban J connectivity index is 2.51. The van der Waals surface area contributed by atoms with Gasteiger partial charge in [-0.3, -0.25) is 0 Å². The summed E-state index contributed by atoms with van der Waals surface area (Å²) in [6.45, 7) is 6.44. The summed E-state index contributed by atoms with van der Waals surface area (Å²) in [5, 5.41) is 0. The largest absolute Gasteiger partial charge is 0.493 e. The van der Waals surface area contributed by atoms with Gasteiger partial charge in [-0.15, -0.1) is 0 Å². The lowest BCUT2D eigenvalue weighted by Crippen LogP contribution is -2.05. The lowest BCUT2D eigenvalue weighted by Gasteiger charge is -2.17. The maximum absolute atomic E-state index is 10.2. The predicted octanol–water partition coefficient (Wildman–Crippen LogP) is 5.66. The molecule has 0 saturated carbocycles. The van der Waals surface area contributed by atoms with Gasteiger partial charge in [0, 0.05) is 13.0 Å². The first-order chi connectivity index (χ1) is 13.1. The highest BCUT2D eigenvalue weighted by Gasteiger charge is 2.11. The maximum atomic E-state index is 10.2. The average Bonchev–Trinajstić information content (AvgIpc) is 2.66. The van der Waals surface area contributed by atoms with Crippen LogP contribution in [0.1, 0.15) is 50.7 Å². The highest BCUT2D eigenvalue weighted by molar-refractivity contribution is 6.55. The van der Waals surface area contributed by atoms with E-state index in [-0.39, 0.29) is 4.49 Å². The summed E-state index contributed by atoms with van der Waals surface area (Å²) >= 11 is 11.2. The van der Waals surface area contributed by atoms with Crippen LogP contribution in [0.3, 0.4) is 0 Å². The first-order valence-corrected chi connectivity index (χ1v) is 10.3. The summed E-state index contributed by atoms with van der Waals surface area (Å²) in [6.07, 6.45) is 7.70. The molecular formula is C21H30Cl2O4. The van der Waals surface area contributed by atoms with Crippen LogP contribution in [-0.4, -0.2) is 32.7 Å². The predicted molar refractivity (Wildman–Crippen MR) is 111 cm³/mol. The average molecular weight is 417 g/mol. The number of aldehydes is 1. The highest BCUT2D eigenvalue weighted by atomic mass is 35.5. The van der Waals surface area contributed by atoms with Crippen molar-refractivity contribution >= 4 is 29.5 Å². The third-order valence-corrected chi connectivity index (χ3v) is 4.33. The fraction of sp³-hybridized carbons (Fsp3) is 0.571. The molecule has 152 valence electrons. The Morgan fingerprint density at radius 1 is 0.963 bits per heavy atom. The molecule has 0 aliphatic heterocycles. The fourth-order valence-corrected chi connectivity index (χ4v) is 2.73. The van der Waals surface area contributed by atoms with Crippen molar-refractivity contribution < 1.29 is 19.0 Å². The molecular weight excluding hydrogens is 387 g/mol. The van der Waals surface area contributed by atoms with Gasteiger partial charge in [-0.05, 0) is 61.4 Å². The second kappa shape index (κ2) is 14.8. The molecule has 0 unspecified atom stereocenters. The monoisotopic (exact) mass is 416 g/mol. The number of rotatable bonds is 15. The minimum atomic E-state index is 0.204. The third kappa shape index (κ3) is 10.0. The van der Waals surface area contributed by atoms with Crippen molar-refractivity contribution in [3.05, 3.63) is 33.8 Å². The van der Waals surface area contributed by atoms with Crippen molar-refractivity contribution in [1.82, 2.24) is 0 Å². The van der Waals surface area contributed by atoms with Gasteiger partial charge in [0.1, 0.15) is 28.9 Å². The highest BCUT2D eigenvalue weighted by Crippen LogP contribution is 2.31. The number of aryl methyl sites for hydroxylation is 2. The van der Waals surface area contributed by atoms with E-state index in [4.69, 9.17) is 37.4 Å². The summed E-state index contributed by atoms with van der Waals surface area (Å²) in [5.41, 5.74) is 2.28. The van der Waals surface area contributed by atoms with Crippen LogP contribution in [0.5, 0.6) is 11.5 Å². The number of hydrogen-bond donors (Lipinski definition) is 0. The van der Waals surface area contributed by atoms with Crippen LogP contribution < -0.4 is 9.47 Å². The normalized spacial score (nSPS) is 10.5. The molecule has 4 nitrogen and oxygen atoms in total. The second-order valence-electron chi connectivity index (χ2n) is 6.06. The number of carbonyl (C=O) groups excluding carboxylic acids is 1. The van der Waals surface area contributed by atoms with E-state index in [1.54, 1.807) is 6.08 Å². The summed E-state index contributed by atoms with van der Waals surface area (Å²) in [5.74, 6) is 1.77. The molecule has 0 heterocycles. The molecule has 0 N–H and O–H groups in total. The van der Waals surface area contributed by atoms with Crippen molar-refractivity contribution in [3.63, 3.8) is 0 Å². The Morgan fingerprint density at radius 2 is 1.63 bits per heavy atom. The molecule has 0 aliphatic rings. The molecule has 0 fully saturated rings. The maximum Gasteiger partial charge on any atom is 0.125 e. The van der Waals surface area contributed by atoms with Crippen molar-refractivity contribution in [2.75, 3.05) is 26.4 Å². The van der Waals surface area contributed by atoms with Gasteiger partial charge in [0.2, 0.25) is 0 Å². The van der Waals surface area contributed by atoms with Crippen molar-refractivity contribution in [2.45, 2.75) is 52.4 Å². The molecule has 0 aliphatic carbocycles. The summed E-state index contributed by atoms with van der Waals surface area (Å²) < 4.78 is 17.4. The first-order valence-electron chi connectivity index (χ1n) is 9.56.